The van der Waals surface area contributed by atoms with Crippen molar-refractivity contribution in [2.75, 3.05) is 0 Å². The molecule has 0 saturated carbocycles. The zero-order chi connectivity index (χ0) is 63.0. The van der Waals surface area contributed by atoms with E-state index in [0.29, 0.717) is 0 Å². The van der Waals surface area contributed by atoms with Crippen LogP contribution in [0.2, 0.25) is 38.8 Å². The van der Waals surface area contributed by atoms with Gasteiger partial charge in [-0.3, -0.25) is 0 Å². The first-order chi connectivity index (χ1) is 44.3. The van der Waals surface area contributed by atoms with E-state index in [1.807, 2.05) is 22.7 Å². The Morgan fingerprint density at radius 3 is 1.10 bits per heavy atom. The summed E-state index contributed by atoms with van der Waals surface area (Å²) in [5, 5.41) is 13.7. The second-order valence-electron chi connectivity index (χ2n) is 29.2. The second-order valence-corrected chi connectivity index (χ2v) is 41.3. The van der Waals surface area contributed by atoms with Gasteiger partial charge in [0.2, 0.25) is 0 Å². The highest BCUT2D eigenvalue weighted by atomic mass is 32.1. The fourth-order valence-electron chi connectivity index (χ4n) is 14.4. The van der Waals surface area contributed by atoms with Crippen LogP contribution in [0.25, 0.3) is 140 Å². The Bertz CT molecular complexity index is 5220. The van der Waals surface area contributed by atoms with E-state index in [-0.39, 0.29) is 10.8 Å². The molecule has 0 N–H and O–H groups in total. The predicted molar refractivity (Wildman–Crippen MR) is 410 cm³/mol. The fraction of sp³-hybridized carbons (Fsp3) is 0.163. The van der Waals surface area contributed by atoms with Crippen LogP contribution < -0.4 is 10.4 Å². The van der Waals surface area contributed by atoms with Gasteiger partial charge in [0.1, 0.15) is 0 Å². The molecule has 0 aliphatic carbocycles. The fourth-order valence-corrected chi connectivity index (χ4v) is 20.5. The number of hydrogen-bond acceptors (Lipinski definition) is 2. The number of rotatable bonds is 12. The minimum atomic E-state index is -1.97. The van der Waals surface area contributed by atoms with Crippen molar-refractivity contribution in [3.05, 3.63) is 266 Å². The quantitative estimate of drug-likeness (QED) is 0.108. The van der Waals surface area contributed by atoms with Crippen LogP contribution in [0.1, 0.15) is 52.2 Å². The molecule has 4 aromatic heterocycles. The number of fused-ring (bicyclic) bond motifs is 12. The van der Waals surface area contributed by atoms with Gasteiger partial charge in [-0.25, -0.2) is 0 Å². The molecule has 12 aromatic carbocycles. The summed E-state index contributed by atoms with van der Waals surface area (Å²) >= 11 is 3.76. The van der Waals surface area contributed by atoms with E-state index in [1.165, 1.54) is 167 Å². The minimum absolute atomic E-state index is 0.0193. The summed E-state index contributed by atoms with van der Waals surface area (Å²) in [6.07, 6.45) is 1.10. The Kier molecular flexibility index (Phi) is 13.8. The van der Waals surface area contributed by atoms with Crippen molar-refractivity contribution >= 4 is 133 Å². The zero-order valence-electron chi connectivity index (χ0n) is 54.4. The van der Waals surface area contributed by atoms with Gasteiger partial charge in [-0.15, -0.1) is 22.7 Å². The molecule has 0 amide bonds. The average Bonchev–Trinajstić information content (AvgIpc) is 1.59. The molecule has 92 heavy (non-hydrogen) atoms. The maximum atomic E-state index is 2.60. The Labute approximate surface area is 550 Å². The summed E-state index contributed by atoms with van der Waals surface area (Å²) in [6, 6.07) is 98.6. The topological polar surface area (TPSA) is 9.86 Å². The lowest BCUT2D eigenvalue weighted by Crippen LogP contribution is -2.42. The number of aromatic nitrogens is 2. The molecule has 0 saturated heterocycles. The Hall–Kier alpha value is -8.89. The van der Waals surface area contributed by atoms with Crippen molar-refractivity contribution in [2.24, 2.45) is 0 Å². The molecular weight excluding hydrogens is 1180 g/mol. The maximum absolute atomic E-state index is 2.60. The van der Waals surface area contributed by atoms with Gasteiger partial charge in [0.05, 0.1) is 38.2 Å². The maximum Gasteiger partial charge on any atom is 0.0806 e. The molecule has 0 bridgehead atoms. The van der Waals surface area contributed by atoms with Crippen LogP contribution in [-0.2, 0) is 10.8 Å². The van der Waals surface area contributed by atoms with Crippen molar-refractivity contribution in [3.63, 3.8) is 0 Å². The lowest BCUT2D eigenvalue weighted by atomic mass is 9.81. The van der Waals surface area contributed by atoms with E-state index in [1.54, 1.807) is 0 Å². The molecule has 0 atom stereocenters. The molecule has 0 fully saturated rings. The first-order valence-electron chi connectivity index (χ1n) is 32.7. The lowest BCUT2D eigenvalue weighted by molar-refractivity contribution is 0.504. The van der Waals surface area contributed by atoms with E-state index < -0.39 is 16.1 Å². The minimum Gasteiger partial charge on any atom is -0.309 e. The third-order valence-corrected chi connectivity index (χ3v) is 28.0. The highest BCUT2D eigenvalue weighted by molar-refractivity contribution is 7.26. The van der Waals surface area contributed by atoms with E-state index >= 15 is 0 Å². The van der Waals surface area contributed by atoms with Gasteiger partial charge in [0, 0.05) is 73.3 Å². The van der Waals surface area contributed by atoms with Crippen molar-refractivity contribution in [3.8, 4) is 55.9 Å². The van der Waals surface area contributed by atoms with Crippen LogP contribution in [-0.4, -0.2) is 25.3 Å². The summed E-state index contributed by atoms with van der Waals surface area (Å²) in [7, 11) is -3.58. The SMILES string of the molecule is CC(C)(C)c1ccc2c(c1)c1cc(C(C)(C)CC[Si](C)(C)c3ccc4c(c3)c3cc([Si](C)(C)C)ccc3n4-c3ccc(-c4ccc(-c5ccc6c(c5)sc5ccccc56)cc4)cc3)ccc1n2-c1ccc(-c2ccc(-c3ccc4c(c3)sc3ccccc34)cc2)cc1. The van der Waals surface area contributed by atoms with Gasteiger partial charge in [0.15, 0.2) is 0 Å². The zero-order valence-corrected chi connectivity index (χ0v) is 58.0. The molecule has 0 spiro atoms. The Morgan fingerprint density at radius 1 is 0.304 bits per heavy atom. The highest BCUT2D eigenvalue weighted by Crippen LogP contribution is 2.43. The molecule has 0 aliphatic rings. The molecule has 2 nitrogen and oxygen atoms in total. The van der Waals surface area contributed by atoms with Gasteiger partial charge in [-0.05, 0) is 158 Å². The second kappa shape index (κ2) is 21.9. The smallest absolute Gasteiger partial charge is 0.0806 e. The van der Waals surface area contributed by atoms with E-state index in [4.69, 9.17) is 0 Å². The number of hydrogen-bond donors (Lipinski definition) is 0. The van der Waals surface area contributed by atoms with Gasteiger partial charge in [-0.2, -0.15) is 0 Å². The molecule has 0 aliphatic heterocycles. The van der Waals surface area contributed by atoms with Crippen LogP contribution in [0.15, 0.2) is 255 Å². The van der Waals surface area contributed by atoms with Gasteiger partial charge < -0.3 is 9.13 Å². The molecule has 16 aromatic rings. The molecule has 4 heterocycles. The molecule has 0 radical (unpaired) electrons. The van der Waals surface area contributed by atoms with E-state index in [2.05, 4.69) is 331 Å². The average molecular weight is 1260 g/mol. The molecule has 16 rings (SSSR count). The molecule has 450 valence electrons. The van der Waals surface area contributed by atoms with Gasteiger partial charge >= 0.3 is 0 Å². The predicted octanol–water partition coefficient (Wildman–Crippen LogP) is 24.4. The van der Waals surface area contributed by atoms with Crippen LogP contribution in [0.4, 0.5) is 0 Å². The Morgan fingerprint density at radius 2 is 0.652 bits per heavy atom. The van der Waals surface area contributed by atoms with Crippen molar-refractivity contribution in [1.82, 2.24) is 9.13 Å². The van der Waals surface area contributed by atoms with Crippen molar-refractivity contribution < 1.29 is 0 Å². The summed E-state index contributed by atoms with van der Waals surface area (Å²) < 4.78 is 10.4. The first kappa shape index (κ1) is 58.2. The van der Waals surface area contributed by atoms with Crippen LogP contribution in [0.5, 0.6) is 0 Å². The summed E-state index contributed by atoms with van der Waals surface area (Å²) in [4.78, 5) is 0. The Balaban J connectivity index is 0.669. The normalized spacial score (nSPS) is 12.8. The van der Waals surface area contributed by atoms with Crippen LogP contribution in [0, 0.1) is 0 Å². The van der Waals surface area contributed by atoms with Crippen LogP contribution >= 0.6 is 22.7 Å². The van der Waals surface area contributed by atoms with Crippen molar-refractivity contribution in [2.45, 2.75) is 90.6 Å². The highest BCUT2D eigenvalue weighted by Gasteiger charge is 2.31. The van der Waals surface area contributed by atoms with E-state index in [0.717, 1.165) is 6.42 Å². The lowest BCUT2D eigenvalue weighted by Gasteiger charge is -2.31. The van der Waals surface area contributed by atoms with Gasteiger partial charge in [-0.1, -0.05) is 254 Å². The standard InChI is InChI=1S/C86H76N2S2Si2/c1-85(2,3)63-33-43-77-73(51-63)74-52-64(34-44-78(74)87(77)65-35-27-57(28-36-65)55-19-23-59(24-20-55)61-31-41-71-69-15-11-13-17-81(69)89-83(71)49-61)86(4,5)47-48-92(9,10)68-40-46-80-76(54-68)75-53-67(91(6,7)8)39-45-79(75)88(80)66-37-29-58(30-38-66)56-21-25-60(26-22-56)62-32-42-72-70-16-12-14-18-82(70)90-84(72)50-62/h11-46,49-54H,47-48H2,1-10H3. The summed E-state index contributed by atoms with van der Waals surface area (Å²) in [5.41, 5.74) is 20.0. The van der Waals surface area contributed by atoms with Crippen LogP contribution in [0.3, 0.4) is 0 Å². The monoisotopic (exact) mass is 1260 g/mol. The van der Waals surface area contributed by atoms with Gasteiger partial charge in [0.25, 0.3) is 0 Å². The van der Waals surface area contributed by atoms with E-state index in [9.17, 15) is 0 Å². The summed E-state index contributed by atoms with van der Waals surface area (Å²) in [5.74, 6) is 0. The number of nitrogens with zero attached hydrogens (tertiary/aromatic N) is 2. The summed E-state index contributed by atoms with van der Waals surface area (Å²) in [6.45, 7) is 24.6. The number of benzene rings is 12. The third kappa shape index (κ3) is 10.2. The molecular formula is C86H76N2S2Si2. The molecule has 6 heteroatoms. The first-order valence-corrected chi connectivity index (χ1v) is 41.1. The number of thiophene rings is 2. The third-order valence-electron chi connectivity index (χ3n) is 20.3. The molecule has 0 unspecified atom stereocenters. The van der Waals surface area contributed by atoms with Crippen molar-refractivity contribution in [1.29, 1.82) is 0 Å². The largest absolute Gasteiger partial charge is 0.309 e.